The van der Waals surface area contributed by atoms with Gasteiger partial charge in [0, 0.05) is 5.69 Å². The summed E-state index contributed by atoms with van der Waals surface area (Å²) in [5.41, 5.74) is 1.89. The lowest BCUT2D eigenvalue weighted by molar-refractivity contribution is -0.132. The highest BCUT2D eigenvalue weighted by Crippen LogP contribution is 2.30. The average molecular weight is 286 g/mol. The number of benzene rings is 1. The first-order valence-corrected chi connectivity index (χ1v) is 7.83. The Morgan fingerprint density at radius 1 is 1.10 bits per heavy atom. The predicted molar refractivity (Wildman–Crippen MR) is 82.0 cm³/mol. The molecule has 3 rings (SSSR count). The largest absolute Gasteiger partial charge is 0.342 e. The van der Waals surface area contributed by atoms with E-state index >= 15 is 0 Å². The van der Waals surface area contributed by atoms with Crippen molar-refractivity contribution in [2.24, 2.45) is 5.92 Å². The van der Waals surface area contributed by atoms with Gasteiger partial charge >= 0.3 is 0 Å². The van der Waals surface area contributed by atoms with Crippen molar-refractivity contribution in [3.05, 3.63) is 29.8 Å². The van der Waals surface area contributed by atoms with Gasteiger partial charge in [0.2, 0.25) is 11.8 Å². The number of aryl methyl sites for hydroxylation is 1. The van der Waals surface area contributed by atoms with E-state index in [1.807, 2.05) is 31.2 Å². The minimum Gasteiger partial charge on any atom is -0.342 e. The van der Waals surface area contributed by atoms with Crippen molar-refractivity contribution in [2.45, 2.75) is 45.1 Å². The number of nitrogens with one attached hydrogen (secondary N) is 1. The van der Waals surface area contributed by atoms with E-state index < -0.39 is 0 Å². The van der Waals surface area contributed by atoms with Gasteiger partial charge < -0.3 is 10.2 Å². The summed E-state index contributed by atoms with van der Waals surface area (Å²) in [4.78, 5) is 26.5. The summed E-state index contributed by atoms with van der Waals surface area (Å²) < 4.78 is 0. The fraction of sp³-hybridized carbons (Fsp3) is 0.529. The lowest BCUT2D eigenvalue weighted by Gasteiger charge is -2.38. The second-order valence-corrected chi connectivity index (χ2v) is 6.15. The lowest BCUT2D eigenvalue weighted by atomic mass is 9.82. The van der Waals surface area contributed by atoms with Crippen molar-refractivity contribution in [1.29, 1.82) is 0 Å². The second kappa shape index (κ2) is 5.88. The average Bonchev–Trinajstić information content (AvgIpc) is 2.51. The van der Waals surface area contributed by atoms with Gasteiger partial charge in [-0.05, 0) is 37.3 Å². The molecule has 1 N–H and O–H groups in total. The van der Waals surface area contributed by atoms with Crippen LogP contribution in [0.4, 0.5) is 5.69 Å². The first-order chi connectivity index (χ1) is 10.2. The number of carbonyl (C=O) groups excluding carboxylic acids is 2. The molecule has 2 aliphatic rings. The van der Waals surface area contributed by atoms with Gasteiger partial charge in [-0.15, -0.1) is 0 Å². The molecule has 2 fully saturated rings. The fourth-order valence-corrected chi connectivity index (χ4v) is 3.53. The predicted octanol–water partition coefficient (Wildman–Crippen LogP) is 2.41. The summed E-state index contributed by atoms with van der Waals surface area (Å²) in [6.45, 7) is 2.11. The number of amides is 2. The molecule has 1 aromatic carbocycles. The van der Waals surface area contributed by atoms with Gasteiger partial charge in [-0.25, -0.2) is 0 Å². The molecule has 1 heterocycles. The summed E-state index contributed by atoms with van der Waals surface area (Å²) in [5, 5.41) is 2.92. The molecule has 1 saturated heterocycles. The second-order valence-electron chi connectivity index (χ2n) is 6.15. The molecular formula is C17H22N2O2. The Labute approximate surface area is 125 Å². The first-order valence-electron chi connectivity index (χ1n) is 7.83. The third-order valence-corrected chi connectivity index (χ3v) is 4.68. The summed E-state index contributed by atoms with van der Waals surface area (Å²) >= 11 is 0. The summed E-state index contributed by atoms with van der Waals surface area (Å²) in [5.74, 6) is 0.297. The molecular weight excluding hydrogens is 264 g/mol. The minimum atomic E-state index is -0.342. The summed E-state index contributed by atoms with van der Waals surface area (Å²) in [6.07, 6.45) is 5.65. The SMILES string of the molecule is Cc1ccccc1N1CC(=O)NC(C2CCCCC2)C1=O. The maximum absolute atomic E-state index is 12.8. The number of piperazine rings is 1. The van der Waals surface area contributed by atoms with Crippen LogP contribution in [0.25, 0.3) is 0 Å². The Hall–Kier alpha value is -1.84. The van der Waals surface area contributed by atoms with Gasteiger partial charge in [0.15, 0.2) is 0 Å². The van der Waals surface area contributed by atoms with Gasteiger partial charge in [0.25, 0.3) is 0 Å². The number of anilines is 1. The Kier molecular flexibility index (Phi) is 3.95. The van der Waals surface area contributed by atoms with Crippen molar-refractivity contribution in [3.63, 3.8) is 0 Å². The monoisotopic (exact) mass is 286 g/mol. The lowest BCUT2D eigenvalue weighted by Crippen LogP contribution is -2.61. The Morgan fingerprint density at radius 3 is 2.52 bits per heavy atom. The zero-order valence-electron chi connectivity index (χ0n) is 12.5. The van der Waals surface area contributed by atoms with E-state index in [4.69, 9.17) is 0 Å². The summed E-state index contributed by atoms with van der Waals surface area (Å²) in [7, 11) is 0. The molecule has 21 heavy (non-hydrogen) atoms. The van der Waals surface area contributed by atoms with Crippen molar-refractivity contribution in [1.82, 2.24) is 5.32 Å². The van der Waals surface area contributed by atoms with Crippen LogP contribution >= 0.6 is 0 Å². The number of hydrogen-bond acceptors (Lipinski definition) is 2. The van der Waals surface area contributed by atoms with E-state index in [1.54, 1.807) is 4.90 Å². The molecule has 0 spiro atoms. The van der Waals surface area contributed by atoms with E-state index in [9.17, 15) is 9.59 Å². The zero-order chi connectivity index (χ0) is 14.8. The van der Waals surface area contributed by atoms with Crippen LogP contribution < -0.4 is 10.2 Å². The van der Waals surface area contributed by atoms with Crippen molar-refractivity contribution in [2.75, 3.05) is 11.4 Å². The van der Waals surface area contributed by atoms with Crippen molar-refractivity contribution >= 4 is 17.5 Å². The van der Waals surface area contributed by atoms with Gasteiger partial charge in [0.1, 0.15) is 12.6 Å². The number of nitrogens with zero attached hydrogens (tertiary/aromatic N) is 1. The van der Waals surface area contributed by atoms with Crippen LogP contribution in [0.5, 0.6) is 0 Å². The fourth-order valence-electron chi connectivity index (χ4n) is 3.53. The van der Waals surface area contributed by atoms with Crippen LogP contribution in [0.1, 0.15) is 37.7 Å². The molecule has 2 amide bonds. The molecule has 1 aromatic rings. The van der Waals surface area contributed by atoms with E-state index in [1.165, 1.54) is 6.42 Å². The molecule has 4 heteroatoms. The normalized spacial score (nSPS) is 24.0. The highest BCUT2D eigenvalue weighted by atomic mass is 16.2. The van der Waals surface area contributed by atoms with Crippen LogP contribution in [-0.4, -0.2) is 24.4 Å². The molecule has 1 unspecified atom stereocenters. The molecule has 4 nitrogen and oxygen atoms in total. The van der Waals surface area contributed by atoms with E-state index in [0.29, 0.717) is 5.92 Å². The smallest absolute Gasteiger partial charge is 0.250 e. The van der Waals surface area contributed by atoms with Gasteiger partial charge in [-0.2, -0.15) is 0 Å². The van der Waals surface area contributed by atoms with E-state index in [2.05, 4.69) is 5.32 Å². The number of hydrogen-bond donors (Lipinski definition) is 1. The maximum atomic E-state index is 12.8. The molecule has 112 valence electrons. The van der Waals surface area contributed by atoms with E-state index in [-0.39, 0.29) is 24.4 Å². The number of rotatable bonds is 2. The van der Waals surface area contributed by atoms with Gasteiger partial charge in [-0.3, -0.25) is 9.59 Å². The van der Waals surface area contributed by atoms with Crippen LogP contribution in [0.3, 0.4) is 0 Å². The quantitative estimate of drug-likeness (QED) is 0.907. The molecule has 0 bridgehead atoms. The Morgan fingerprint density at radius 2 is 1.81 bits per heavy atom. The highest BCUT2D eigenvalue weighted by Gasteiger charge is 2.38. The zero-order valence-corrected chi connectivity index (χ0v) is 12.5. The van der Waals surface area contributed by atoms with Crippen molar-refractivity contribution < 1.29 is 9.59 Å². The highest BCUT2D eigenvalue weighted by molar-refractivity contribution is 6.07. The number of para-hydroxylation sites is 1. The molecule has 1 aliphatic heterocycles. The van der Waals surface area contributed by atoms with Crippen molar-refractivity contribution in [3.8, 4) is 0 Å². The first kappa shape index (κ1) is 14.1. The minimum absolute atomic E-state index is 0.0478. The standard InChI is InChI=1S/C17H22N2O2/c1-12-7-5-6-10-14(12)19-11-15(20)18-16(17(19)21)13-8-3-2-4-9-13/h5-7,10,13,16H,2-4,8-9,11H2,1H3,(H,18,20). The number of carbonyl (C=O) groups is 2. The van der Waals surface area contributed by atoms with Crippen LogP contribution in [0, 0.1) is 12.8 Å². The third-order valence-electron chi connectivity index (χ3n) is 4.68. The van der Waals surface area contributed by atoms with Crippen LogP contribution in [-0.2, 0) is 9.59 Å². The topological polar surface area (TPSA) is 49.4 Å². The molecule has 0 aromatic heterocycles. The van der Waals surface area contributed by atoms with Crippen LogP contribution in [0.15, 0.2) is 24.3 Å². The van der Waals surface area contributed by atoms with E-state index in [0.717, 1.165) is 36.9 Å². The molecule has 0 radical (unpaired) electrons. The Bertz CT molecular complexity index is 549. The molecule has 1 saturated carbocycles. The van der Waals surface area contributed by atoms with Gasteiger partial charge in [0.05, 0.1) is 0 Å². The molecule has 1 atom stereocenters. The summed E-state index contributed by atoms with van der Waals surface area (Å²) in [6, 6.07) is 7.42. The molecule has 1 aliphatic carbocycles. The Balaban J connectivity index is 1.86. The van der Waals surface area contributed by atoms with Gasteiger partial charge in [-0.1, -0.05) is 37.5 Å². The third kappa shape index (κ3) is 2.80. The van der Waals surface area contributed by atoms with Crippen LogP contribution in [0.2, 0.25) is 0 Å². The maximum Gasteiger partial charge on any atom is 0.250 e.